The number of para-hydroxylation sites is 1. The molecule has 1 aliphatic heterocycles. The topological polar surface area (TPSA) is 40.5 Å². The minimum absolute atomic E-state index is 0.00888. The Morgan fingerprint density at radius 3 is 2.59 bits per heavy atom. The van der Waals surface area contributed by atoms with Crippen LogP contribution in [0.5, 0.6) is 0 Å². The zero-order chi connectivity index (χ0) is 18.8. The Labute approximate surface area is 160 Å². The van der Waals surface area contributed by atoms with E-state index < -0.39 is 0 Å². The first-order valence-corrected chi connectivity index (χ1v) is 9.48. The van der Waals surface area contributed by atoms with Crippen LogP contribution in [0.4, 0.5) is 10.5 Å². The van der Waals surface area contributed by atoms with Crippen molar-refractivity contribution in [3.63, 3.8) is 0 Å². The molecule has 5 heteroatoms. The molecule has 0 bridgehead atoms. The molecule has 1 N–H and O–H groups in total. The molecule has 0 radical (unpaired) electrons. The second-order valence-electron chi connectivity index (χ2n) is 7.35. The molecule has 0 saturated carbocycles. The number of nitrogens with zero attached hydrogens (tertiary/aromatic N) is 3. The van der Waals surface area contributed by atoms with Crippen LogP contribution in [0.1, 0.15) is 11.1 Å². The number of anilines is 1. The highest BCUT2D eigenvalue weighted by Gasteiger charge is 2.22. The van der Waals surface area contributed by atoms with Gasteiger partial charge in [-0.3, -0.25) is 4.90 Å². The summed E-state index contributed by atoms with van der Waals surface area (Å²) in [6, 6.07) is 16.4. The van der Waals surface area contributed by atoms with Gasteiger partial charge in [0.1, 0.15) is 0 Å². The van der Waals surface area contributed by atoms with Gasteiger partial charge in [-0.05, 0) is 36.2 Å². The third kappa shape index (κ3) is 3.83. The number of carbonyl (C=O) groups is 1. The van der Waals surface area contributed by atoms with E-state index in [1.54, 1.807) is 0 Å². The maximum absolute atomic E-state index is 12.5. The smallest absolute Gasteiger partial charge is 0.321 e. The molecule has 1 aromatic heterocycles. The molecule has 0 atom stereocenters. The van der Waals surface area contributed by atoms with E-state index in [4.69, 9.17) is 0 Å². The Balaban J connectivity index is 1.35. The van der Waals surface area contributed by atoms with Gasteiger partial charge in [-0.15, -0.1) is 0 Å². The van der Waals surface area contributed by atoms with Gasteiger partial charge in [-0.1, -0.05) is 30.3 Å². The summed E-state index contributed by atoms with van der Waals surface area (Å²) in [6.07, 6.45) is 2.22. The van der Waals surface area contributed by atoms with Gasteiger partial charge in [0.25, 0.3) is 0 Å². The van der Waals surface area contributed by atoms with Gasteiger partial charge in [0.05, 0.1) is 0 Å². The van der Waals surface area contributed by atoms with Gasteiger partial charge in [-0.25, -0.2) is 4.79 Å². The van der Waals surface area contributed by atoms with Crippen LogP contribution in [0.15, 0.2) is 54.7 Å². The number of hydrogen-bond donors (Lipinski definition) is 1. The Morgan fingerprint density at radius 2 is 1.81 bits per heavy atom. The lowest BCUT2D eigenvalue weighted by molar-refractivity contribution is 0.143. The molecular weight excluding hydrogens is 336 g/mol. The van der Waals surface area contributed by atoms with Crippen LogP contribution in [0, 0.1) is 6.92 Å². The van der Waals surface area contributed by atoms with Crippen molar-refractivity contribution in [2.24, 2.45) is 7.05 Å². The van der Waals surface area contributed by atoms with Crippen molar-refractivity contribution >= 4 is 22.6 Å². The Bertz CT molecular complexity index is 954. The average Bonchev–Trinajstić information content (AvgIpc) is 2.98. The van der Waals surface area contributed by atoms with Crippen LogP contribution in [0.25, 0.3) is 10.9 Å². The molecule has 2 amide bonds. The lowest BCUT2D eigenvalue weighted by atomic mass is 10.1. The standard InChI is InChI=1S/C22H26N4O/c1-17-6-5-7-19(14-17)23-22(27)26-12-10-25(11-13-26)16-18-15-24(2)21-9-4-3-8-20(18)21/h3-9,14-15H,10-13,16H2,1-2H3,(H,23,27). The molecule has 140 valence electrons. The molecule has 4 rings (SSSR count). The number of carbonyl (C=O) groups excluding carboxylic acids is 1. The van der Waals surface area contributed by atoms with E-state index in [-0.39, 0.29) is 6.03 Å². The highest BCUT2D eigenvalue weighted by Crippen LogP contribution is 2.22. The largest absolute Gasteiger partial charge is 0.350 e. The van der Waals surface area contributed by atoms with Gasteiger partial charge in [0.15, 0.2) is 0 Å². The summed E-state index contributed by atoms with van der Waals surface area (Å²) in [5, 5.41) is 4.33. The van der Waals surface area contributed by atoms with E-state index in [0.717, 1.165) is 44.0 Å². The Kier molecular flexibility index (Phi) is 4.86. The summed E-state index contributed by atoms with van der Waals surface area (Å²) in [5.41, 5.74) is 4.63. The highest BCUT2D eigenvalue weighted by molar-refractivity contribution is 5.89. The Morgan fingerprint density at radius 1 is 1.04 bits per heavy atom. The second-order valence-corrected chi connectivity index (χ2v) is 7.35. The first-order chi connectivity index (χ1) is 13.1. The fraction of sp³-hybridized carbons (Fsp3) is 0.318. The van der Waals surface area contributed by atoms with Crippen molar-refractivity contribution in [3.05, 3.63) is 65.9 Å². The molecule has 0 spiro atoms. The van der Waals surface area contributed by atoms with Crippen molar-refractivity contribution in [3.8, 4) is 0 Å². The lowest BCUT2D eigenvalue weighted by Gasteiger charge is -2.34. The zero-order valence-electron chi connectivity index (χ0n) is 16.0. The van der Waals surface area contributed by atoms with Gasteiger partial charge in [0, 0.05) is 62.6 Å². The molecule has 5 nitrogen and oxygen atoms in total. The Hall–Kier alpha value is -2.79. The average molecular weight is 362 g/mol. The maximum Gasteiger partial charge on any atom is 0.321 e. The molecule has 0 unspecified atom stereocenters. The summed E-state index contributed by atoms with van der Waals surface area (Å²) in [6.45, 7) is 6.25. The number of aromatic nitrogens is 1. The van der Waals surface area contributed by atoms with Crippen molar-refractivity contribution < 1.29 is 4.79 Å². The van der Waals surface area contributed by atoms with Gasteiger partial charge >= 0.3 is 6.03 Å². The van der Waals surface area contributed by atoms with Crippen LogP contribution in [-0.4, -0.2) is 46.6 Å². The van der Waals surface area contributed by atoms with Gasteiger partial charge in [-0.2, -0.15) is 0 Å². The number of urea groups is 1. The highest BCUT2D eigenvalue weighted by atomic mass is 16.2. The SMILES string of the molecule is Cc1cccc(NC(=O)N2CCN(Cc3cn(C)c4ccccc34)CC2)c1. The van der Waals surface area contributed by atoms with Crippen molar-refractivity contribution in [1.29, 1.82) is 0 Å². The molecule has 2 heterocycles. The minimum Gasteiger partial charge on any atom is -0.350 e. The normalized spacial score (nSPS) is 15.3. The number of amides is 2. The first kappa shape index (κ1) is 17.6. The fourth-order valence-electron chi connectivity index (χ4n) is 3.83. The molecule has 0 aliphatic carbocycles. The number of aryl methyl sites for hydroxylation is 2. The van der Waals surface area contributed by atoms with Crippen LogP contribution in [0.2, 0.25) is 0 Å². The monoisotopic (exact) mass is 362 g/mol. The first-order valence-electron chi connectivity index (χ1n) is 9.48. The van der Waals surface area contributed by atoms with Crippen LogP contribution in [-0.2, 0) is 13.6 Å². The fourth-order valence-corrected chi connectivity index (χ4v) is 3.83. The zero-order valence-corrected chi connectivity index (χ0v) is 16.0. The van der Waals surface area contributed by atoms with Crippen LogP contribution in [0.3, 0.4) is 0 Å². The number of piperazine rings is 1. The van der Waals surface area contributed by atoms with Gasteiger partial charge < -0.3 is 14.8 Å². The summed E-state index contributed by atoms with van der Waals surface area (Å²) >= 11 is 0. The van der Waals surface area contributed by atoms with E-state index in [1.807, 2.05) is 36.1 Å². The molecular formula is C22H26N4O. The summed E-state index contributed by atoms with van der Waals surface area (Å²) in [5.74, 6) is 0. The minimum atomic E-state index is -0.00888. The predicted molar refractivity (Wildman–Crippen MR) is 110 cm³/mol. The number of rotatable bonds is 3. The summed E-state index contributed by atoms with van der Waals surface area (Å²) < 4.78 is 2.19. The molecule has 1 fully saturated rings. The quantitative estimate of drug-likeness (QED) is 0.769. The number of hydrogen-bond acceptors (Lipinski definition) is 2. The molecule has 1 aliphatic rings. The number of fused-ring (bicyclic) bond motifs is 1. The third-order valence-corrected chi connectivity index (χ3v) is 5.30. The van der Waals surface area contributed by atoms with Crippen molar-refractivity contribution in [2.45, 2.75) is 13.5 Å². The van der Waals surface area contributed by atoms with Crippen LogP contribution < -0.4 is 5.32 Å². The summed E-state index contributed by atoms with van der Waals surface area (Å²) in [7, 11) is 2.10. The number of benzene rings is 2. The van der Waals surface area contributed by atoms with Gasteiger partial charge in [0.2, 0.25) is 0 Å². The van der Waals surface area contributed by atoms with Crippen LogP contribution >= 0.6 is 0 Å². The van der Waals surface area contributed by atoms with E-state index in [0.29, 0.717) is 0 Å². The number of nitrogens with one attached hydrogen (secondary N) is 1. The third-order valence-electron chi connectivity index (χ3n) is 5.30. The van der Waals surface area contributed by atoms with E-state index in [1.165, 1.54) is 16.5 Å². The van der Waals surface area contributed by atoms with Crippen molar-refractivity contribution in [2.75, 3.05) is 31.5 Å². The molecule has 2 aromatic carbocycles. The lowest BCUT2D eigenvalue weighted by Crippen LogP contribution is -2.49. The molecule has 27 heavy (non-hydrogen) atoms. The molecule has 3 aromatic rings. The second kappa shape index (κ2) is 7.45. The summed E-state index contributed by atoms with van der Waals surface area (Å²) in [4.78, 5) is 16.8. The predicted octanol–water partition coefficient (Wildman–Crippen LogP) is 3.84. The van der Waals surface area contributed by atoms with E-state index >= 15 is 0 Å². The van der Waals surface area contributed by atoms with E-state index in [9.17, 15) is 4.79 Å². The molecule has 1 saturated heterocycles. The maximum atomic E-state index is 12.5. The van der Waals surface area contributed by atoms with Crippen molar-refractivity contribution in [1.82, 2.24) is 14.4 Å². The van der Waals surface area contributed by atoms with E-state index in [2.05, 4.69) is 52.3 Å².